The van der Waals surface area contributed by atoms with E-state index in [4.69, 9.17) is 0 Å². The summed E-state index contributed by atoms with van der Waals surface area (Å²) in [6.45, 7) is 4.06. The molecule has 1 saturated carbocycles. The summed E-state index contributed by atoms with van der Waals surface area (Å²) in [5.74, 6) is -4.88. The highest BCUT2D eigenvalue weighted by atomic mass is 19.4. The van der Waals surface area contributed by atoms with Crippen molar-refractivity contribution in [2.75, 3.05) is 13.2 Å². The minimum atomic E-state index is -5.64. The van der Waals surface area contributed by atoms with E-state index in [9.17, 15) is 26.7 Å². The normalized spacial score (nSPS) is 22.5. The average molecular weight is 331 g/mol. The molecule has 0 bridgehead atoms. The van der Waals surface area contributed by atoms with Gasteiger partial charge in [-0.2, -0.15) is 22.0 Å². The van der Waals surface area contributed by atoms with Gasteiger partial charge in [0.1, 0.15) is 6.61 Å². The third kappa shape index (κ3) is 6.46. The van der Waals surface area contributed by atoms with Crippen LogP contribution in [0.1, 0.15) is 40.0 Å². The van der Waals surface area contributed by atoms with E-state index in [1.165, 1.54) is 0 Å². The van der Waals surface area contributed by atoms with Crippen LogP contribution in [-0.4, -0.2) is 37.3 Å². The molecular formula is C14H22F5NO2. The summed E-state index contributed by atoms with van der Waals surface area (Å²) in [5.41, 5.74) is 0.163. The summed E-state index contributed by atoms with van der Waals surface area (Å²) in [5, 5.41) is 2.73. The molecule has 130 valence electrons. The summed E-state index contributed by atoms with van der Waals surface area (Å²) in [6, 6.07) is 0.0725. The minimum absolute atomic E-state index is 0.0725. The van der Waals surface area contributed by atoms with Gasteiger partial charge in [0.15, 0.2) is 0 Å². The van der Waals surface area contributed by atoms with Crippen LogP contribution in [0.3, 0.4) is 0 Å². The lowest BCUT2D eigenvalue weighted by atomic mass is 9.89. The molecular weight excluding hydrogens is 309 g/mol. The molecule has 8 heteroatoms. The predicted octanol–water partition coefficient (Wildman–Crippen LogP) is 3.53. The molecule has 0 aromatic rings. The highest BCUT2D eigenvalue weighted by molar-refractivity contribution is 5.76. The lowest BCUT2D eigenvalue weighted by Crippen LogP contribution is -2.41. The number of amides is 1. The van der Waals surface area contributed by atoms with Crippen LogP contribution in [0.2, 0.25) is 0 Å². The monoisotopic (exact) mass is 331 g/mol. The molecule has 1 rings (SSSR count). The maximum Gasteiger partial charge on any atom is 0.455 e. The zero-order valence-electron chi connectivity index (χ0n) is 12.9. The summed E-state index contributed by atoms with van der Waals surface area (Å²) < 4.78 is 64.9. The van der Waals surface area contributed by atoms with Gasteiger partial charge in [0.25, 0.3) is 0 Å². The second kappa shape index (κ2) is 6.68. The second-order valence-corrected chi connectivity index (χ2v) is 6.94. The number of hydrogen-bond acceptors (Lipinski definition) is 2. The van der Waals surface area contributed by atoms with Gasteiger partial charge in [-0.1, -0.05) is 20.8 Å². The fraction of sp³-hybridized carbons (Fsp3) is 0.929. The molecule has 1 N–H and O–H groups in total. The Hall–Kier alpha value is -0.920. The van der Waals surface area contributed by atoms with E-state index in [0.717, 1.165) is 12.8 Å². The number of hydrogen-bond donors (Lipinski definition) is 1. The first-order valence-electron chi connectivity index (χ1n) is 7.13. The van der Waals surface area contributed by atoms with Crippen molar-refractivity contribution >= 4 is 5.91 Å². The number of halogens is 5. The standard InChI is InChI=1S/C14H22F5NO2/c1-12(2,3)7-9-6-10(9)20-11(21)4-5-22-8-13(15,16)14(17,18)19/h9-10H,4-8H2,1-3H3,(H,20,21)/t9-,10+/m0/s1. The molecule has 0 spiro atoms. The van der Waals surface area contributed by atoms with Crippen molar-refractivity contribution in [3.05, 3.63) is 0 Å². The zero-order valence-corrected chi connectivity index (χ0v) is 12.9. The Kier molecular flexibility index (Phi) is 5.81. The molecule has 1 aliphatic rings. The third-order valence-corrected chi connectivity index (χ3v) is 3.32. The molecule has 0 aromatic heterocycles. The number of carbonyl (C=O) groups is 1. The van der Waals surface area contributed by atoms with Crippen molar-refractivity contribution in [3.8, 4) is 0 Å². The van der Waals surface area contributed by atoms with Crippen molar-refractivity contribution in [1.29, 1.82) is 0 Å². The first kappa shape index (κ1) is 19.1. The zero-order chi connectivity index (χ0) is 17.2. The Morgan fingerprint density at radius 3 is 2.27 bits per heavy atom. The van der Waals surface area contributed by atoms with Crippen molar-refractivity contribution in [3.63, 3.8) is 0 Å². The first-order chi connectivity index (χ1) is 9.82. The number of carbonyl (C=O) groups excluding carboxylic acids is 1. The van der Waals surface area contributed by atoms with Crippen LogP contribution in [0.25, 0.3) is 0 Å². The Balaban J connectivity index is 2.16. The van der Waals surface area contributed by atoms with Crippen LogP contribution < -0.4 is 5.32 Å². The van der Waals surface area contributed by atoms with Gasteiger partial charge in [-0.05, 0) is 24.2 Å². The van der Waals surface area contributed by atoms with E-state index >= 15 is 0 Å². The highest BCUT2D eigenvalue weighted by Crippen LogP contribution is 2.40. The summed E-state index contributed by atoms with van der Waals surface area (Å²) >= 11 is 0. The van der Waals surface area contributed by atoms with E-state index in [0.29, 0.717) is 5.92 Å². The molecule has 0 saturated heterocycles. The minimum Gasteiger partial charge on any atom is -0.374 e. The summed E-state index contributed by atoms with van der Waals surface area (Å²) in [7, 11) is 0. The number of alkyl halides is 5. The fourth-order valence-electron chi connectivity index (χ4n) is 2.16. The van der Waals surface area contributed by atoms with E-state index < -0.39 is 31.2 Å². The van der Waals surface area contributed by atoms with Gasteiger partial charge in [0, 0.05) is 12.5 Å². The van der Waals surface area contributed by atoms with E-state index in [1.54, 1.807) is 0 Å². The predicted molar refractivity (Wildman–Crippen MR) is 70.5 cm³/mol. The molecule has 0 aromatic carbocycles. The average Bonchev–Trinajstić information content (AvgIpc) is 2.98. The maximum atomic E-state index is 12.5. The lowest BCUT2D eigenvalue weighted by Gasteiger charge is -2.19. The number of rotatable bonds is 7. The Labute approximate surface area is 126 Å². The van der Waals surface area contributed by atoms with Crippen LogP contribution in [0, 0.1) is 11.3 Å². The van der Waals surface area contributed by atoms with Gasteiger partial charge in [-0.25, -0.2) is 0 Å². The van der Waals surface area contributed by atoms with Crippen molar-refractivity contribution in [1.82, 2.24) is 5.32 Å². The molecule has 1 aliphatic carbocycles. The van der Waals surface area contributed by atoms with Crippen molar-refractivity contribution in [2.45, 2.75) is 58.2 Å². The van der Waals surface area contributed by atoms with Crippen molar-refractivity contribution in [2.24, 2.45) is 11.3 Å². The molecule has 0 aliphatic heterocycles. The molecule has 0 heterocycles. The van der Waals surface area contributed by atoms with Gasteiger partial charge in [-0.3, -0.25) is 4.79 Å². The third-order valence-electron chi connectivity index (χ3n) is 3.32. The smallest absolute Gasteiger partial charge is 0.374 e. The van der Waals surface area contributed by atoms with Crippen LogP contribution in [-0.2, 0) is 9.53 Å². The fourth-order valence-corrected chi connectivity index (χ4v) is 2.16. The molecule has 22 heavy (non-hydrogen) atoms. The van der Waals surface area contributed by atoms with Gasteiger partial charge >= 0.3 is 12.1 Å². The van der Waals surface area contributed by atoms with E-state index in [2.05, 4.69) is 30.8 Å². The van der Waals surface area contributed by atoms with Gasteiger partial charge in [-0.15, -0.1) is 0 Å². The van der Waals surface area contributed by atoms with Crippen LogP contribution in [0.15, 0.2) is 0 Å². The van der Waals surface area contributed by atoms with Crippen molar-refractivity contribution < 1.29 is 31.5 Å². The number of nitrogens with one attached hydrogen (secondary N) is 1. The number of ether oxygens (including phenoxy) is 1. The molecule has 1 fully saturated rings. The molecule has 0 radical (unpaired) electrons. The Morgan fingerprint density at radius 2 is 1.77 bits per heavy atom. The molecule has 1 amide bonds. The summed E-state index contributed by atoms with van der Waals surface area (Å²) in [6.07, 6.45) is -4.03. The SMILES string of the molecule is CC(C)(C)C[C@@H]1C[C@H]1NC(=O)CCOCC(F)(F)C(F)(F)F. The Bertz CT molecular complexity index is 390. The van der Waals surface area contributed by atoms with Gasteiger partial charge < -0.3 is 10.1 Å². The topological polar surface area (TPSA) is 38.3 Å². The van der Waals surface area contributed by atoms with Crippen LogP contribution >= 0.6 is 0 Å². The van der Waals surface area contributed by atoms with Crippen LogP contribution in [0.5, 0.6) is 0 Å². The largest absolute Gasteiger partial charge is 0.455 e. The molecule has 0 unspecified atom stereocenters. The Morgan fingerprint density at radius 1 is 1.18 bits per heavy atom. The second-order valence-electron chi connectivity index (χ2n) is 6.94. The summed E-state index contributed by atoms with van der Waals surface area (Å²) in [4.78, 5) is 11.5. The van der Waals surface area contributed by atoms with Gasteiger partial charge in [0.05, 0.1) is 6.61 Å². The quantitative estimate of drug-likeness (QED) is 0.572. The maximum absolute atomic E-state index is 12.5. The lowest BCUT2D eigenvalue weighted by molar-refractivity contribution is -0.296. The molecule has 3 nitrogen and oxygen atoms in total. The van der Waals surface area contributed by atoms with Crippen LogP contribution in [0.4, 0.5) is 22.0 Å². The van der Waals surface area contributed by atoms with Gasteiger partial charge in [0.2, 0.25) is 5.91 Å². The highest BCUT2D eigenvalue weighted by Gasteiger charge is 2.57. The van der Waals surface area contributed by atoms with E-state index in [1.807, 2.05) is 0 Å². The molecule has 2 atom stereocenters. The first-order valence-corrected chi connectivity index (χ1v) is 7.13. The van der Waals surface area contributed by atoms with E-state index in [-0.39, 0.29) is 17.9 Å².